The number of non-ortho nitro benzene ring substituents is 1. The van der Waals surface area contributed by atoms with Crippen LogP contribution < -0.4 is 4.74 Å². The van der Waals surface area contributed by atoms with Gasteiger partial charge < -0.3 is 9.47 Å². The highest BCUT2D eigenvalue weighted by Crippen LogP contribution is 2.28. The molecule has 0 saturated heterocycles. The molecule has 0 saturated carbocycles. The van der Waals surface area contributed by atoms with Crippen molar-refractivity contribution in [2.24, 2.45) is 0 Å². The van der Waals surface area contributed by atoms with Gasteiger partial charge in [0.25, 0.3) is 5.69 Å². The second-order valence-corrected chi connectivity index (χ2v) is 5.38. The Morgan fingerprint density at radius 1 is 1.12 bits per heavy atom. The Morgan fingerprint density at radius 2 is 1.77 bits per heavy atom. The van der Waals surface area contributed by atoms with E-state index in [0.717, 1.165) is 6.08 Å². The lowest BCUT2D eigenvalue weighted by molar-refractivity contribution is -0.384. The highest BCUT2D eigenvalue weighted by molar-refractivity contribution is 6.15. The number of rotatable bonds is 5. The van der Waals surface area contributed by atoms with Gasteiger partial charge in [0.1, 0.15) is 11.5 Å². The maximum Gasteiger partial charge on any atom is 0.269 e. The van der Waals surface area contributed by atoms with Gasteiger partial charge in [-0.3, -0.25) is 19.7 Å². The summed E-state index contributed by atoms with van der Waals surface area (Å²) in [6.07, 6.45) is 2.38. The molecule has 2 aromatic rings. The van der Waals surface area contributed by atoms with E-state index in [0.29, 0.717) is 17.1 Å². The summed E-state index contributed by atoms with van der Waals surface area (Å²) in [5, 5.41) is 10.6. The first-order chi connectivity index (χ1) is 12.5. The van der Waals surface area contributed by atoms with Crippen molar-refractivity contribution in [3.05, 3.63) is 87.7 Å². The number of carbonyl (C=O) groups is 2. The monoisotopic (exact) mass is 351 g/mol. The van der Waals surface area contributed by atoms with E-state index in [4.69, 9.17) is 9.47 Å². The van der Waals surface area contributed by atoms with Gasteiger partial charge in [-0.15, -0.1) is 0 Å². The molecule has 1 aliphatic heterocycles. The van der Waals surface area contributed by atoms with E-state index in [9.17, 15) is 19.7 Å². The smallest absolute Gasteiger partial charge is 0.269 e. The topological polar surface area (TPSA) is 95.7 Å². The average molecular weight is 351 g/mol. The molecule has 1 heterocycles. The van der Waals surface area contributed by atoms with Crippen molar-refractivity contribution in [2.45, 2.75) is 0 Å². The molecular formula is C19H13NO6. The zero-order chi connectivity index (χ0) is 18.7. The van der Waals surface area contributed by atoms with Gasteiger partial charge in [0.2, 0.25) is 5.78 Å². The lowest BCUT2D eigenvalue weighted by Gasteiger charge is -2.05. The molecule has 0 unspecified atom stereocenters. The number of hydrogen-bond acceptors (Lipinski definition) is 6. The van der Waals surface area contributed by atoms with E-state index in [1.165, 1.54) is 30.3 Å². The van der Waals surface area contributed by atoms with Crippen LogP contribution in [-0.2, 0) is 9.53 Å². The molecule has 0 bridgehead atoms. The molecule has 0 amide bonds. The van der Waals surface area contributed by atoms with E-state index in [1.807, 2.05) is 0 Å². The van der Waals surface area contributed by atoms with Crippen LogP contribution in [0.15, 0.2) is 66.4 Å². The second-order valence-electron chi connectivity index (χ2n) is 5.38. The highest BCUT2D eigenvalue weighted by atomic mass is 16.6. The van der Waals surface area contributed by atoms with Gasteiger partial charge in [-0.1, -0.05) is 0 Å². The van der Waals surface area contributed by atoms with Crippen molar-refractivity contribution in [3.8, 4) is 5.75 Å². The average Bonchev–Trinajstić information content (AvgIpc) is 3.02. The number of ketones is 2. The molecular weight excluding hydrogens is 338 g/mol. The zero-order valence-electron chi connectivity index (χ0n) is 13.7. The minimum absolute atomic E-state index is 0.0980. The van der Waals surface area contributed by atoms with Crippen LogP contribution >= 0.6 is 0 Å². The third-order valence-corrected chi connectivity index (χ3v) is 3.72. The molecule has 0 aliphatic carbocycles. The molecule has 1 aliphatic rings. The maximum atomic E-state index is 12.2. The number of carbonyl (C=O) groups excluding carboxylic acids is 2. The molecule has 130 valence electrons. The molecule has 26 heavy (non-hydrogen) atoms. The molecule has 0 aromatic heterocycles. The summed E-state index contributed by atoms with van der Waals surface area (Å²) in [5.41, 5.74) is 0.772. The second kappa shape index (κ2) is 7.02. The standard InChI is InChI=1S/C19H13NO6/c1-25-15-8-4-13(5-9-15)18-11-17(22)19(26-18)10-16(21)12-2-6-14(7-3-12)20(23)24/h2-11H,1H3/b19-10-. The fourth-order valence-electron chi connectivity index (χ4n) is 2.34. The van der Waals surface area contributed by atoms with Crippen LogP contribution in [0, 0.1) is 10.1 Å². The van der Waals surface area contributed by atoms with Crippen LogP contribution in [0.25, 0.3) is 5.76 Å². The Kier molecular flexibility index (Phi) is 4.62. The summed E-state index contributed by atoms with van der Waals surface area (Å²) < 4.78 is 10.6. The summed E-state index contributed by atoms with van der Waals surface area (Å²) in [6, 6.07) is 12.0. The van der Waals surface area contributed by atoms with Crippen molar-refractivity contribution in [1.29, 1.82) is 0 Å². The Labute approximate surface area is 148 Å². The lowest BCUT2D eigenvalue weighted by Crippen LogP contribution is -2.01. The van der Waals surface area contributed by atoms with Crippen molar-refractivity contribution < 1.29 is 24.0 Å². The number of ether oxygens (including phenoxy) is 2. The van der Waals surface area contributed by atoms with Crippen molar-refractivity contribution in [1.82, 2.24) is 0 Å². The van der Waals surface area contributed by atoms with E-state index in [2.05, 4.69) is 0 Å². The lowest BCUT2D eigenvalue weighted by atomic mass is 10.1. The number of nitro groups is 1. The minimum atomic E-state index is -0.554. The Hall–Kier alpha value is -3.74. The Bertz CT molecular complexity index is 939. The Balaban J connectivity index is 1.76. The summed E-state index contributed by atoms with van der Waals surface area (Å²) in [5.74, 6) is 0.000991. The number of methoxy groups -OCH3 is 1. The molecule has 0 spiro atoms. The first kappa shape index (κ1) is 17.1. The van der Waals surface area contributed by atoms with Crippen LogP contribution in [0.3, 0.4) is 0 Å². The van der Waals surface area contributed by atoms with E-state index >= 15 is 0 Å². The van der Waals surface area contributed by atoms with Crippen LogP contribution in [0.2, 0.25) is 0 Å². The molecule has 7 heteroatoms. The van der Waals surface area contributed by atoms with Crippen molar-refractivity contribution in [2.75, 3.05) is 7.11 Å². The fraction of sp³-hybridized carbons (Fsp3) is 0.0526. The van der Waals surface area contributed by atoms with Crippen LogP contribution in [-0.4, -0.2) is 23.6 Å². The third-order valence-electron chi connectivity index (χ3n) is 3.72. The van der Waals surface area contributed by atoms with Gasteiger partial charge >= 0.3 is 0 Å². The highest BCUT2D eigenvalue weighted by Gasteiger charge is 2.23. The van der Waals surface area contributed by atoms with Gasteiger partial charge in [-0.05, 0) is 36.4 Å². The molecule has 0 fully saturated rings. The van der Waals surface area contributed by atoms with Crippen molar-refractivity contribution in [3.63, 3.8) is 0 Å². The molecule has 0 radical (unpaired) electrons. The van der Waals surface area contributed by atoms with Crippen LogP contribution in [0.4, 0.5) is 5.69 Å². The number of nitrogens with zero attached hydrogens (tertiary/aromatic N) is 1. The predicted octanol–water partition coefficient (Wildman–Crippen LogP) is 3.31. The summed E-state index contributed by atoms with van der Waals surface area (Å²) in [4.78, 5) is 34.4. The predicted molar refractivity (Wildman–Crippen MR) is 92.6 cm³/mol. The number of hydrogen-bond donors (Lipinski definition) is 0. The number of allylic oxidation sites excluding steroid dienone is 2. The van der Waals surface area contributed by atoms with Gasteiger partial charge in [0.15, 0.2) is 11.5 Å². The van der Waals surface area contributed by atoms with Crippen LogP contribution in [0.1, 0.15) is 15.9 Å². The first-order valence-electron chi connectivity index (χ1n) is 7.57. The normalized spacial score (nSPS) is 14.7. The number of benzene rings is 2. The Morgan fingerprint density at radius 3 is 2.35 bits per heavy atom. The number of nitro benzene ring substituents is 1. The van der Waals surface area contributed by atoms with E-state index < -0.39 is 16.5 Å². The quantitative estimate of drug-likeness (QED) is 0.355. The van der Waals surface area contributed by atoms with Crippen molar-refractivity contribution >= 4 is 23.0 Å². The fourth-order valence-corrected chi connectivity index (χ4v) is 2.34. The van der Waals surface area contributed by atoms with Gasteiger partial charge in [0.05, 0.1) is 12.0 Å². The summed E-state index contributed by atoms with van der Waals surface area (Å²) in [7, 11) is 1.55. The first-order valence-corrected chi connectivity index (χ1v) is 7.57. The summed E-state index contributed by atoms with van der Waals surface area (Å²) in [6.45, 7) is 0. The van der Waals surface area contributed by atoms with Gasteiger partial charge in [0, 0.05) is 35.4 Å². The largest absolute Gasteiger partial charge is 0.497 e. The molecule has 0 atom stereocenters. The molecule has 3 rings (SSSR count). The van der Waals surface area contributed by atoms with E-state index in [1.54, 1.807) is 31.4 Å². The SMILES string of the molecule is COc1ccc(C2=CC(=O)/C(=C/C(=O)c3ccc([N+](=O)[O-])cc3)O2)cc1. The molecule has 7 nitrogen and oxygen atoms in total. The minimum Gasteiger partial charge on any atom is -0.497 e. The van der Waals surface area contributed by atoms with E-state index in [-0.39, 0.29) is 17.0 Å². The molecule has 0 N–H and O–H groups in total. The molecule has 2 aromatic carbocycles. The van der Waals surface area contributed by atoms with Crippen LogP contribution in [0.5, 0.6) is 5.75 Å². The maximum absolute atomic E-state index is 12.2. The van der Waals surface area contributed by atoms with Gasteiger partial charge in [-0.2, -0.15) is 0 Å². The zero-order valence-corrected chi connectivity index (χ0v) is 13.7. The van der Waals surface area contributed by atoms with Gasteiger partial charge in [-0.25, -0.2) is 0 Å². The summed E-state index contributed by atoms with van der Waals surface area (Å²) >= 11 is 0. The third kappa shape index (κ3) is 3.51.